The molecule has 2 saturated heterocycles. The second kappa shape index (κ2) is 5.67. The Kier molecular flexibility index (Phi) is 4.19. The number of aliphatic carboxylic acids is 1. The van der Waals surface area contributed by atoms with Gasteiger partial charge in [0, 0.05) is 6.54 Å². The maximum atomic E-state index is 12.3. The van der Waals surface area contributed by atoms with Crippen LogP contribution in [-0.2, 0) is 14.3 Å². The van der Waals surface area contributed by atoms with Gasteiger partial charge in [0.15, 0.2) is 6.10 Å². The zero-order valence-corrected chi connectivity index (χ0v) is 10.6. The van der Waals surface area contributed by atoms with Gasteiger partial charge in [-0.05, 0) is 25.3 Å². The Labute approximate surface area is 106 Å². The molecule has 0 aromatic carbocycles. The third-order valence-electron chi connectivity index (χ3n) is 3.69. The average molecular weight is 256 g/mol. The predicted octanol–water partition coefficient (Wildman–Crippen LogP) is -0.313. The van der Waals surface area contributed by atoms with Crippen molar-refractivity contribution < 1.29 is 19.4 Å². The van der Waals surface area contributed by atoms with E-state index >= 15 is 0 Å². The fourth-order valence-corrected chi connectivity index (χ4v) is 2.58. The van der Waals surface area contributed by atoms with E-state index in [9.17, 15) is 9.59 Å². The first kappa shape index (κ1) is 13.3. The highest BCUT2D eigenvalue weighted by Gasteiger charge is 2.35. The van der Waals surface area contributed by atoms with Crippen molar-refractivity contribution in [1.29, 1.82) is 0 Å². The summed E-state index contributed by atoms with van der Waals surface area (Å²) in [6, 6.07) is -0.175. The number of carbonyl (C=O) groups is 2. The standard InChI is InChI=1S/C12H20N2O4/c1-8-3-2-4-13-10(8)11(15)14-5-6-18-9(7-14)12(16)17/h8-10,13H,2-7H2,1H3,(H,16,17). The van der Waals surface area contributed by atoms with Crippen LogP contribution in [0.25, 0.3) is 0 Å². The van der Waals surface area contributed by atoms with E-state index in [1.807, 2.05) is 0 Å². The van der Waals surface area contributed by atoms with Gasteiger partial charge in [-0.15, -0.1) is 0 Å². The number of hydrogen-bond donors (Lipinski definition) is 2. The fourth-order valence-electron chi connectivity index (χ4n) is 2.58. The average Bonchev–Trinajstić information content (AvgIpc) is 2.38. The first-order valence-electron chi connectivity index (χ1n) is 6.46. The van der Waals surface area contributed by atoms with Gasteiger partial charge in [0.05, 0.1) is 19.2 Å². The third-order valence-corrected chi connectivity index (χ3v) is 3.69. The maximum Gasteiger partial charge on any atom is 0.334 e. The van der Waals surface area contributed by atoms with Gasteiger partial charge in [0.25, 0.3) is 0 Å². The summed E-state index contributed by atoms with van der Waals surface area (Å²) in [7, 11) is 0. The van der Waals surface area contributed by atoms with Gasteiger partial charge in [-0.25, -0.2) is 4.79 Å². The molecule has 0 saturated carbocycles. The van der Waals surface area contributed by atoms with Crippen molar-refractivity contribution in [2.75, 3.05) is 26.2 Å². The highest BCUT2D eigenvalue weighted by molar-refractivity contribution is 5.83. The van der Waals surface area contributed by atoms with Crippen molar-refractivity contribution in [3.8, 4) is 0 Å². The second-order valence-electron chi connectivity index (χ2n) is 5.03. The van der Waals surface area contributed by atoms with E-state index in [-0.39, 0.29) is 18.5 Å². The summed E-state index contributed by atoms with van der Waals surface area (Å²) in [6.45, 7) is 3.84. The molecule has 2 rings (SSSR count). The fraction of sp³-hybridized carbons (Fsp3) is 0.833. The molecule has 102 valence electrons. The molecular formula is C12H20N2O4. The molecule has 0 spiro atoms. The highest BCUT2D eigenvalue weighted by atomic mass is 16.5. The molecule has 18 heavy (non-hydrogen) atoms. The second-order valence-corrected chi connectivity index (χ2v) is 5.03. The normalized spacial score (nSPS) is 33.2. The minimum Gasteiger partial charge on any atom is -0.479 e. The molecular weight excluding hydrogens is 236 g/mol. The van der Waals surface area contributed by atoms with Gasteiger partial charge in [-0.2, -0.15) is 0 Å². The Bertz CT molecular complexity index is 334. The minimum absolute atomic E-state index is 0.0109. The number of nitrogens with one attached hydrogen (secondary N) is 1. The number of morpholine rings is 1. The van der Waals surface area contributed by atoms with E-state index in [0.29, 0.717) is 19.1 Å². The number of carboxylic acids is 1. The summed E-state index contributed by atoms with van der Waals surface area (Å²) in [4.78, 5) is 24.8. The molecule has 2 aliphatic rings. The van der Waals surface area contributed by atoms with Gasteiger partial charge in [-0.1, -0.05) is 6.92 Å². The van der Waals surface area contributed by atoms with Gasteiger partial charge in [0.2, 0.25) is 5.91 Å². The number of amides is 1. The molecule has 2 heterocycles. The van der Waals surface area contributed by atoms with Gasteiger partial charge in [-0.3, -0.25) is 4.79 Å². The lowest BCUT2D eigenvalue weighted by Crippen LogP contribution is -2.57. The highest BCUT2D eigenvalue weighted by Crippen LogP contribution is 2.18. The zero-order valence-electron chi connectivity index (χ0n) is 10.6. The van der Waals surface area contributed by atoms with Crippen LogP contribution in [0.15, 0.2) is 0 Å². The molecule has 0 bridgehead atoms. The van der Waals surface area contributed by atoms with E-state index in [2.05, 4.69) is 12.2 Å². The van der Waals surface area contributed by atoms with Crippen molar-refractivity contribution in [2.45, 2.75) is 31.9 Å². The van der Waals surface area contributed by atoms with Crippen LogP contribution in [-0.4, -0.2) is 60.3 Å². The van der Waals surface area contributed by atoms with E-state index in [1.165, 1.54) is 0 Å². The van der Waals surface area contributed by atoms with E-state index < -0.39 is 12.1 Å². The molecule has 0 aromatic rings. The summed E-state index contributed by atoms with van der Waals surface area (Å²) in [5.74, 6) is -0.689. The first-order chi connectivity index (χ1) is 8.59. The molecule has 0 radical (unpaired) electrons. The number of ether oxygens (including phenoxy) is 1. The number of nitrogens with zero attached hydrogens (tertiary/aromatic N) is 1. The van der Waals surface area contributed by atoms with Crippen molar-refractivity contribution in [1.82, 2.24) is 10.2 Å². The molecule has 0 aliphatic carbocycles. The number of carbonyl (C=O) groups excluding carboxylic acids is 1. The topological polar surface area (TPSA) is 78.9 Å². The molecule has 2 fully saturated rings. The van der Waals surface area contributed by atoms with Crippen LogP contribution in [0.4, 0.5) is 0 Å². The Morgan fingerprint density at radius 2 is 2.22 bits per heavy atom. The van der Waals surface area contributed by atoms with Crippen LogP contribution in [0.3, 0.4) is 0 Å². The van der Waals surface area contributed by atoms with E-state index in [1.54, 1.807) is 4.90 Å². The van der Waals surface area contributed by atoms with Crippen LogP contribution >= 0.6 is 0 Å². The monoisotopic (exact) mass is 256 g/mol. The molecule has 0 aromatic heterocycles. The summed E-state index contributed by atoms with van der Waals surface area (Å²) in [5, 5.41) is 12.2. The lowest BCUT2D eigenvalue weighted by atomic mass is 9.91. The molecule has 3 atom stereocenters. The van der Waals surface area contributed by atoms with Gasteiger partial charge in [0.1, 0.15) is 0 Å². The Morgan fingerprint density at radius 3 is 2.89 bits per heavy atom. The van der Waals surface area contributed by atoms with Crippen LogP contribution < -0.4 is 5.32 Å². The molecule has 1 amide bonds. The van der Waals surface area contributed by atoms with Crippen LogP contribution in [0, 0.1) is 5.92 Å². The van der Waals surface area contributed by atoms with Crippen molar-refractivity contribution >= 4 is 11.9 Å². The van der Waals surface area contributed by atoms with Gasteiger partial charge < -0.3 is 20.1 Å². The van der Waals surface area contributed by atoms with Gasteiger partial charge >= 0.3 is 5.97 Å². The molecule has 3 unspecified atom stereocenters. The van der Waals surface area contributed by atoms with E-state index in [0.717, 1.165) is 19.4 Å². The lowest BCUT2D eigenvalue weighted by molar-refractivity contribution is -0.160. The Balaban J connectivity index is 1.97. The number of piperidine rings is 1. The zero-order chi connectivity index (χ0) is 13.1. The Hall–Kier alpha value is -1.14. The van der Waals surface area contributed by atoms with Crippen molar-refractivity contribution in [3.05, 3.63) is 0 Å². The largest absolute Gasteiger partial charge is 0.479 e. The predicted molar refractivity (Wildman–Crippen MR) is 64.1 cm³/mol. The quantitative estimate of drug-likeness (QED) is 0.708. The number of hydrogen-bond acceptors (Lipinski definition) is 4. The summed E-state index contributed by atoms with van der Waals surface area (Å²) >= 11 is 0. The Morgan fingerprint density at radius 1 is 1.44 bits per heavy atom. The molecule has 2 aliphatic heterocycles. The van der Waals surface area contributed by atoms with Crippen molar-refractivity contribution in [3.63, 3.8) is 0 Å². The lowest BCUT2D eigenvalue weighted by Gasteiger charge is -2.37. The van der Waals surface area contributed by atoms with Crippen LogP contribution in [0.2, 0.25) is 0 Å². The number of carboxylic acid groups (broad SMARTS) is 1. The summed E-state index contributed by atoms with van der Waals surface area (Å²) in [6.07, 6.45) is 1.24. The SMILES string of the molecule is CC1CCCNC1C(=O)N1CCOC(C(=O)O)C1. The summed E-state index contributed by atoms with van der Waals surface area (Å²) < 4.78 is 5.12. The van der Waals surface area contributed by atoms with Crippen molar-refractivity contribution in [2.24, 2.45) is 5.92 Å². The summed E-state index contributed by atoms with van der Waals surface area (Å²) in [5.41, 5.74) is 0. The smallest absolute Gasteiger partial charge is 0.334 e. The van der Waals surface area contributed by atoms with E-state index in [4.69, 9.17) is 9.84 Å². The minimum atomic E-state index is -1.00. The molecule has 6 heteroatoms. The molecule has 2 N–H and O–H groups in total. The maximum absolute atomic E-state index is 12.3. The third kappa shape index (κ3) is 2.81. The van der Waals surface area contributed by atoms with Crippen LogP contribution in [0.1, 0.15) is 19.8 Å². The molecule has 6 nitrogen and oxygen atoms in total. The number of rotatable bonds is 2. The first-order valence-corrected chi connectivity index (χ1v) is 6.46. The van der Waals surface area contributed by atoms with Crippen LogP contribution in [0.5, 0.6) is 0 Å².